The van der Waals surface area contributed by atoms with Crippen LogP contribution in [0.5, 0.6) is 0 Å². The maximum absolute atomic E-state index is 4.82. The van der Waals surface area contributed by atoms with Crippen molar-refractivity contribution >= 4 is 0 Å². The molecule has 4 heteroatoms. The Morgan fingerprint density at radius 1 is 1.28 bits per heavy atom. The SMILES string of the molecule is CNCc1nc(-c2ccncc2)c2n1CCCC2. The number of rotatable bonds is 3. The summed E-state index contributed by atoms with van der Waals surface area (Å²) in [7, 11) is 1.97. The summed E-state index contributed by atoms with van der Waals surface area (Å²) in [6, 6.07) is 4.09. The van der Waals surface area contributed by atoms with Crippen molar-refractivity contribution < 1.29 is 0 Å². The molecule has 0 spiro atoms. The smallest absolute Gasteiger partial charge is 0.123 e. The van der Waals surface area contributed by atoms with Crippen molar-refractivity contribution in [2.45, 2.75) is 32.4 Å². The Morgan fingerprint density at radius 2 is 2.11 bits per heavy atom. The average Bonchev–Trinajstić information content (AvgIpc) is 2.80. The second-order valence-corrected chi connectivity index (χ2v) is 4.70. The zero-order chi connectivity index (χ0) is 12.4. The molecule has 0 unspecified atom stereocenters. The molecule has 4 nitrogen and oxygen atoms in total. The van der Waals surface area contributed by atoms with Gasteiger partial charge in [0.2, 0.25) is 0 Å². The fraction of sp³-hybridized carbons (Fsp3) is 0.429. The van der Waals surface area contributed by atoms with Crippen molar-refractivity contribution in [3.8, 4) is 11.3 Å². The Labute approximate surface area is 107 Å². The first kappa shape index (κ1) is 11.4. The molecule has 0 aromatic carbocycles. The Morgan fingerprint density at radius 3 is 2.89 bits per heavy atom. The van der Waals surface area contributed by atoms with Crippen LogP contribution in [0.4, 0.5) is 0 Å². The lowest BCUT2D eigenvalue weighted by Gasteiger charge is -2.17. The highest BCUT2D eigenvalue weighted by atomic mass is 15.1. The number of aromatic nitrogens is 3. The molecule has 0 aliphatic carbocycles. The third-order valence-electron chi connectivity index (χ3n) is 3.49. The predicted octanol–water partition coefficient (Wildman–Crippen LogP) is 2.00. The van der Waals surface area contributed by atoms with Crippen LogP contribution in [0.3, 0.4) is 0 Å². The van der Waals surface area contributed by atoms with E-state index in [1.165, 1.54) is 24.1 Å². The van der Waals surface area contributed by atoms with Crippen LogP contribution in [0.25, 0.3) is 11.3 Å². The lowest BCUT2D eigenvalue weighted by atomic mass is 10.0. The van der Waals surface area contributed by atoms with Crippen molar-refractivity contribution in [1.82, 2.24) is 19.9 Å². The number of hydrogen-bond donors (Lipinski definition) is 1. The number of nitrogens with one attached hydrogen (secondary N) is 1. The van der Waals surface area contributed by atoms with E-state index in [1.807, 2.05) is 31.6 Å². The van der Waals surface area contributed by atoms with E-state index in [0.29, 0.717) is 0 Å². The van der Waals surface area contributed by atoms with Gasteiger partial charge in [0.05, 0.1) is 12.2 Å². The quantitative estimate of drug-likeness (QED) is 0.895. The van der Waals surface area contributed by atoms with Crippen molar-refractivity contribution in [1.29, 1.82) is 0 Å². The number of hydrogen-bond acceptors (Lipinski definition) is 3. The van der Waals surface area contributed by atoms with Gasteiger partial charge in [0, 0.05) is 30.2 Å². The summed E-state index contributed by atoms with van der Waals surface area (Å²) in [5, 5.41) is 3.20. The normalized spacial score (nSPS) is 14.5. The maximum Gasteiger partial charge on any atom is 0.123 e. The molecule has 0 atom stereocenters. The van der Waals surface area contributed by atoms with Gasteiger partial charge in [-0.15, -0.1) is 0 Å². The molecule has 0 saturated carbocycles. The van der Waals surface area contributed by atoms with Crippen LogP contribution >= 0.6 is 0 Å². The van der Waals surface area contributed by atoms with Gasteiger partial charge in [-0.1, -0.05) is 0 Å². The van der Waals surface area contributed by atoms with E-state index in [0.717, 1.165) is 31.0 Å². The molecule has 1 aliphatic rings. The summed E-state index contributed by atoms with van der Waals surface area (Å²) < 4.78 is 2.38. The summed E-state index contributed by atoms with van der Waals surface area (Å²) in [5.74, 6) is 1.15. The van der Waals surface area contributed by atoms with Crippen molar-refractivity contribution in [3.63, 3.8) is 0 Å². The first-order valence-electron chi connectivity index (χ1n) is 6.53. The summed E-state index contributed by atoms with van der Waals surface area (Å²) in [4.78, 5) is 8.90. The Kier molecular flexibility index (Phi) is 3.11. The van der Waals surface area contributed by atoms with E-state index in [9.17, 15) is 0 Å². The molecule has 3 rings (SSSR count). The first-order chi connectivity index (χ1) is 8.90. The largest absolute Gasteiger partial charge is 0.330 e. The van der Waals surface area contributed by atoms with Crippen LogP contribution in [-0.2, 0) is 19.5 Å². The van der Waals surface area contributed by atoms with E-state index in [2.05, 4.69) is 14.9 Å². The average molecular weight is 242 g/mol. The van der Waals surface area contributed by atoms with Gasteiger partial charge in [-0.3, -0.25) is 4.98 Å². The summed E-state index contributed by atoms with van der Waals surface area (Å²) >= 11 is 0. The topological polar surface area (TPSA) is 42.7 Å². The summed E-state index contributed by atoms with van der Waals surface area (Å²) in [6.07, 6.45) is 7.33. The zero-order valence-electron chi connectivity index (χ0n) is 10.7. The van der Waals surface area contributed by atoms with Gasteiger partial charge in [-0.05, 0) is 38.4 Å². The number of fused-ring (bicyclic) bond motifs is 1. The van der Waals surface area contributed by atoms with Gasteiger partial charge in [0.1, 0.15) is 5.82 Å². The van der Waals surface area contributed by atoms with Crippen LogP contribution in [0.1, 0.15) is 24.4 Å². The monoisotopic (exact) mass is 242 g/mol. The van der Waals surface area contributed by atoms with Gasteiger partial charge in [-0.25, -0.2) is 4.98 Å². The molecule has 0 fully saturated rings. The lowest BCUT2D eigenvalue weighted by molar-refractivity contribution is 0.508. The lowest BCUT2D eigenvalue weighted by Crippen LogP contribution is -2.16. The molecule has 2 aromatic heterocycles. The van der Waals surface area contributed by atoms with E-state index in [-0.39, 0.29) is 0 Å². The molecular weight excluding hydrogens is 224 g/mol. The van der Waals surface area contributed by atoms with Gasteiger partial charge in [-0.2, -0.15) is 0 Å². The van der Waals surface area contributed by atoms with Gasteiger partial charge in [0.15, 0.2) is 0 Å². The third kappa shape index (κ3) is 1.93. The Hall–Kier alpha value is -1.68. The molecular formula is C14H18N4. The minimum absolute atomic E-state index is 0.831. The minimum atomic E-state index is 0.831. The Bertz CT molecular complexity index is 530. The fourth-order valence-corrected chi connectivity index (χ4v) is 2.65. The van der Waals surface area contributed by atoms with Crippen LogP contribution in [0.2, 0.25) is 0 Å². The van der Waals surface area contributed by atoms with Crippen LogP contribution in [-0.4, -0.2) is 21.6 Å². The molecule has 0 amide bonds. The number of imidazole rings is 1. The predicted molar refractivity (Wildman–Crippen MR) is 71.2 cm³/mol. The summed E-state index contributed by atoms with van der Waals surface area (Å²) in [6.45, 7) is 1.93. The highest BCUT2D eigenvalue weighted by Gasteiger charge is 2.20. The van der Waals surface area contributed by atoms with Crippen LogP contribution < -0.4 is 5.32 Å². The molecule has 1 N–H and O–H groups in total. The molecule has 18 heavy (non-hydrogen) atoms. The minimum Gasteiger partial charge on any atom is -0.330 e. The Balaban J connectivity index is 2.09. The van der Waals surface area contributed by atoms with E-state index in [1.54, 1.807) is 0 Å². The first-order valence-corrected chi connectivity index (χ1v) is 6.53. The van der Waals surface area contributed by atoms with Gasteiger partial charge >= 0.3 is 0 Å². The third-order valence-corrected chi connectivity index (χ3v) is 3.49. The maximum atomic E-state index is 4.82. The van der Waals surface area contributed by atoms with E-state index < -0.39 is 0 Å². The molecule has 0 bridgehead atoms. The molecule has 3 heterocycles. The molecule has 2 aromatic rings. The second kappa shape index (κ2) is 4.90. The zero-order valence-corrected chi connectivity index (χ0v) is 10.7. The highest BCUT2D eigenvalue weighted by molar-refractivity contribution is 5.62. The molecule has 94 valence electrons. The summed E-state index contributed by atoms with van der Waals surface area (Å²) in [5.41, 5.74) is 3.71. The second-order valence-electron chi connectivity index (χ2n) is 4.70. The van der Waals surface area contributed by atoms with E-state index >= 15 is 0 Å². The number of nitrogens with zero attached hydrogens (tertiary/aromatic N) is 3. The highest BCUT2D eigenvalue weighted by Crippen LogP contribution is 2.28. The van der Waals surface area contributed by atoms with E-state index in [4.69, 9.17) is 4.98 Å². The van der Waals surface area contributed by atoms with Gasteiger partial charge < -0.3 is 9.88 Å². The molecule has 0 saturated heterocycles. The van der Waals surface area contributed by atoms with Crippen molar-refractivity contribution in [2.24, 2.45) is 0 Å². The van der Waals surface area contributed by atoms with Crippen molar-refractivity contribution in [2.75, 3.05) is 7.05 Å². The fourth-order valence-electron chi connectivity index (χ4n) is 2.65. The van der Waals surface area contributed by atoms with Gasteiger partial charge in [0.25, 0.3) is 0 Å². The molecule has 0 radical (unpaired) electrons. The molecule has 1 aliphatic heterocycles. The van der Waals surface area contributed by atoms with Crippen LogP contribution in [0.15, 0.2) is 24.5 Å². The standard InChI is InChI=1S/C14H18N4/c1-15-10-13-17-14(11-5-7-16-8-6-11)12-4-2-3-9-18(12)13/h5-8,15H,2-4,9-10H2,1H3. The van der Waals surface area contributed by atoms with Crippen molar-refractivity contribution in [3.05, 3.63) is 36.0 Å². The van der Waals surface area contributed by atoms with Crippen LogP contribution in [0, 0.1) is 0 Å². The number of pyridine rings is 1.